The molecule has 0 aromatic rings. The molecule has 0 unspecified atom stereocenters. The highest BCUT2D eigenvalue weighted by Gasteiger charge is 2.07. The van der Waals surface area contributed by atoms with Crippen molar-refractivity contribution in [1.82, 2.24) is 4.90 Å². The van der Waals surface area contributed by atoms with E-state index in [-0.39, 0.29) is 19.0 Å². The Labute approximate surface area is 111 Å². The van der Waals surface area contributed by atoms with Crippen molar-refractivity contribution in [2.75, 3.05) is 26.2 Å². The lowest BCUT2D eigenvalue weighted by Crippen LogP contribution is -2.34. The molecule has 0 aliphatic heterocycles. The maximum Gasteiger partial charge on any atom is 0.317 e. The molecule has 0 spiro atoms. The van der Waals surface area contributed by atoms with Crippen LogP contribution in [-0.4, -0.2) is 42.2 Å². The van der Waals surface area contributed by atoms with E-state index in [0.29, 0.717) is 13.1 Å². The van der Waals surface area contributed by atoms with Gasteiger partial charge >= 0.3 is 5.97 Å². The minimum atomic E-state index is -0.764. The minimum absolute atomic E-state index is 0. The molecule has 0 saturated carbocycles. The molecule has 0 aromatic carbocycles. The van der Waals surface area contributed by atoms with Gasteiger partial charge in [-0.25, -0.2) is 0 Å². The third kappa shape index (κ3) is 13.6. The molecule has 4 nitrogen and oxygen atoms in total. The second-order valence-corrected chi connectivity index (χ2v) is 4.23. The molecular weight excluding hydrogens is 240 g/mol. The largest absolute Gasteiger partial charge is 0.480 e. The van der Waals surface area contributed by atoms with Gasteiger partial charge in [-0.15, -0.1) is 12.4 Å². The van der Waals surface area contributed by atoms with Gasteiger partial charge in [-0.05, 0) is 13.0 Å². The second-order valence-electron chi connectivity index (χ2n) is 4.23. The highest BCUT2D eigenvalue weighted by Crippen LogP contribution is 2.05. The zero-order valence-electron chi connectivity index (χ0n) is 10.9. The fourth-order valence-corrected chi connectivity index (χ4v) is 1.76. The van der Waals surface area contributed by atoms with Crippen LogP contribution in [0, 0.1) is 0 Å². The van der Waals surface area contributed by atoms with Gasteiger partial charge in [0.15, 0.2) is 0 Å². The first-order valence-electron chi connectivity index (χ1n) is 6.35. The normalized spacial score (nSPS) is 10.3. The second kappa shape index (κ2) is 13.7. The van der Waals surface area contributed by atoms with Gasteiger partial charge in [-0.1, -0.05) is 39.0 Å². The maximum atomic E-state index is 10.6. The molecule has 0 saturated heterocycles. The van der Waals surface area contributed by atoms with Crippen LogP contribution >= 0.6 is 12.4 Å². The highest BCUT2D eigenvalue weighted by molar-refractivity contribution is 5.85. The van der Waals surface area contributed by atoms with E-state index in [1.54, 1.807) is 0 Å². The number of hydrogen-bond acceptors (Lipinski definition) is 3. The van der Waals surface area contributed by atoms with Crippen molar-refractivity contribution < 1.29 is 9.90 Å². The Bertz CT molecular complexity index is 180. The first-order chi connectivity index (χ1) is 7.70. The van der Waals surface area contributed by atoms with Crippen LogP contribution in [0.5, 0.6) is 0 Å². The van der Waals surface area contributed by atoms with Gasteiger partial charge in [0.1, 0.15) is 0 Å². The van der Waals surface area contributed by atoms with Gasteiger partial charge < -0.3 is 10.8 Å². The Hall–Kier alpha value is -0.320. The summed E-state index contributed by atoms with van der Waals surface area (Å²) < 4.78 is 0. The van der Waals surface area contributed by atoms with Crippen LogP contribution in [0.1, 0.15) is 45.4 Å². The fourth-order valence-electron chi connectivity index (χ4n) is 1.76. The number of nitrogens with two attached hydrogens (primary N) is 1. The van der Waals surface area contributed by atoms with Crippen LogP contribution in [0.4, 0.5) is 0 Å². The quantitative estimate of drug-likeness (QED) is 0.562. The number of carboxylic acids is 1. The predicted octanol–water partition coefficient (Wildman–Crippen LogP) is 2.11. The molecule has 0 bridgehead atoms. The van der Waals surface area contributed by atoms with E-state index in [4.69, 9.17) is 10.8 Å². The maximum absolute atomic E-state index is 10.6. The summed E-state index contributed by atoms with van der Waals surface area (Å²) in [6, 6.07) is 0. The fraction of sp³-hybridized carbons (Fsp3) is 0.917. The Morgan fingerprint density at radius 2 is 1.71 bits per heavy atom. The molecule has 0 aliphatic rings. The molecule has 5 heteroatoms. The van der Waals surface area contributed by atoms with Crippen LogP contribution in [0.15, 0.2) is 0 Å². The first kappa shape index (κ1) is 19.0. The number of carboxylic acid groups (broad SMARTS) is 1. The number of hydrogen-bond donors (Lipinski definition) is 2. The highest BCUT2D eigenvalue weighted by atomic mass is 35.5. The number of rotatable bonds is 11. The summed E-state index contributed by atoms with van der Waals surface area (Å²) in [5, 5.41) is 8.70. The average Bonchev–Trinajstić information content (AvgIpc) is 2.22. The summed E-state index contributed by atoms with van der Waals surface area (Å²) in [5.74, 6) is -0.764. The molecule has 0 rings (SSSR count). The van der Waals surface area contributed by atoms with E-state index in [9.17, 15) is 4.79 Å². The van der Waals surface area contributed by atoms with Crippen molar-refractivity contribution >= 4 is 18.4 Å². The molecular formula is C12H27ClN2O2. The van der Waals surface area contributed by atoms with Gasteiger partial charge in [-0.3, -0.25) is 9.69 Å². The van der Waals surface area contributed by atoms with Crippen molar-refractivity contribution in [3.63, 3.8) is 0 Å². The molecule has 0 aromatic heterocycles. The molecule has 0 amide bonds. The summed E-state index contributed by atoms with van der Waals surface area (Å²) >= 11 is 0. The van der Waals surface area contributed by atoms with Gasteiger partial charge in [0.2, 0.25) is 0 Å². The number of halogens is 1. The van der Waals surface area contributed by atoms with Gasteiger partial charge in [-0.2, -0.15) is 0 Å². The van der Waals surface area contributed by atoms with Crippen LogP contribution < -0.4 is 5.73 Å². The molecule has 0 aliphatic carbocycles. The lowest BCUT2D eigenvalue weighted by atomic mass is 10.1. The number of aliphatic carboxylic acids is 1. The van der Waals surface area contributed by atoms with Crippen molar-refractivity contribution in [3.8, 4) is 0 Å². The molecule has 0 radical (unpaired) electrons. The smallest absolute Gasteiger partial charge is 0.317 e. The Morgan fingerprint density at radius 3 is 2.24 bits per heavy atom. The van der Waals surface area contributed by atoms with Gasteiger partial charge in [0.05, 0.1) is 6.54 Å². The van der Waals surface area contributed by atoms with Crippen LogP contribution in [0.2, 0.25) is 0 Å². The number of nitrogens with zero attached hydrogens (tertiary/aromatic N) is 1. The lowest BCUT2D eigenvalue weighted by molar-refractivity contribution is -0.138. The Balaban J connectivity index is 0. The molecule has 17 heavy (non-hydrogen) atoms. The summed E-state index contributed by atoms with van der Waals surface area (Å²) in [6.45, 7) is 4.39. The van der Waals surface area contributed by atoms with Crippen molar-refractivity contribution in [3.05, 3.63) is 0 Å². The van der Waals surface area contributed by atoms with E-state index < -0.39 is 5.97 Å². The molecule has 0 atom stereocenters. The Morgan fingerprint density at radius 1 is 1.12 bits per heavy atom. The third-order valence-corrected chi connectivity index (χ3v) is 2.63. The van der Waals surface area contributed by atoms with Crippen LogP contribution in [0.3, 0.4) is 0 Å². The van der Waals surface area contributed by atoms with Crippen LogP contribution in [-0.2, 0) is 4.79 Å². The minimum Gasteiger partial charge on any atom is -0.480 e. The SMILES string of the molecule is CCCCCCCCN(CCN)CC(=O)O.Cl. The summed E-state index contributed by atoms with van der Waals surface area (Å²) in [4.78, 5) is 12.5. The average molecular weight is 267 g/mol. The van der Waals surface area contributed by atoms with E-state index in [0.717, 1.165) is 13.0 Å². The zero-order chi connectivity index (χ0) is 12.2. The molecule has 3 N–H and O–H groups in total. The topological polar surface area (TPSA) is 66.6 Å². The molecule has 0 fully saturated rings. The van der Waals surface area contributed by atoms with E-state index >= 15 is 0 Å². The zero-order valence-corrected chi connectivity index (χ0v) is 11.7. The number of carbonyl (C=O) groups is 1. The number of unbranched alkanes of at least 4 members (excludes halogenated alkanes) is 5. The van der Waals surface area contributed by atoms with E-state index in [1.165, 1.54) is 32.1 Å². The first-order valence-corrected chi connectivity index (χ1v) is 6.35. The van der Waals surface area contributed by atoms with Crippen molar-refractivity contribution in [1.29, 1.82) is 0 Å². The predicted molar refractivity (Wildman–Crippen MR) is 73.8 cm³/mol. The van der Waals surface area contributed by atoms with E-state index in [1.807, 2.05) is 4.90 Å². The lowest BCUT2D eigenvalue weighted by Gasteiger charge is -2.18. The van der Waals surface area contributed by atoms with Gasteiger partial charge in [0.25, 0.3) is 0 Å². The molecule has 104 valence electrons. The summed E-state index contributed by atoms with van der Waals surface area (Å²) in [5.41, 5.74) is 5.44. The van der Waals surface area contributed by atoms with Crippen LogP contribution in [0.25, 0.3) is 0 Å². The van der Waals surface area contributed by atoms with Crippen molar-refractivity contribution in [2.24, 2.45) is 5.73 Å². The third-order valence-electron chi connectivity index (χ3n) is 2.63. The van der Waals surface area contributed by atoms with Gasteiger partial charge in [0, 0.05) is 13.1 Å². The van der Waals surface area contributed by atoms with E-state index in [2.05, 4.69) is 6.92 Å². The van der Waals surface area contributed by atoms with Crippen molar-refractivity contribution in [2.45, 2.75) is 45.4 Å². The molecule has 0 heterocycles. The summed E-state index contributed by atoms with van der Waals surface area (Å²) in [7, 11) is 0. The monoisotopic (exact) mass is 266 g/mol. The standard InChI is InChI=1S/C12H26N2O2.ClH/c1-2-3-4-5-6-7-9-14(10-8-13)11-12(15)16;/h2-11,13H2,1H3,(H,15,16);1H. The Kier molecular flexibility index (Phi) is 15.4. The summed E-state index contributed by atoms with van der Waals surface area (Å²) in [6.07, 6.45) is 7.40.